The van der Waals surface area contributed by atoms with Crippen LogP contribution in [0.2, 0.25) is 0 Å². The van der Waals surface area contributed by atoms with Gasteiger partial charge in [-0.15, -0.1) is 0 Å². The van der Waals surface area contributed by atoms with Gasteiger partial charge in [0.05, 0.1) is 10.7 Å². The molecule has 31 heavy (non-hydrogen) atoms. The van der Waals surface area contributed by atoms with Crippen LogP contribution < -0.4 is 10.1 Å². The van der Waals surface area contributed by atoms with E-state index in [4.69, 9.17) is 4.74 Å². The van der Waals surface area contributed by atoms with E-state index in [-0.39, 0.29) is 6.10 Å². The number of hydrogen-bond donors (Lipinski definition) is 1. The number of anilines is 2. The van der Waals surface area contributed by atoms with Crippen molar-refractivity contribution in [1.29, 1.82) is 0 Å². The molecule has 158 valence electrons. The lowest BCUT2D eigenvalue weighted by molar-refractivity contribution is 0.149. The molecule has 0 aliphatic heterocycles. The predicted octanol–water partition coefficient (Wildman–Crippen LogP) is 7.10. The first-order valence-corrected chi connectivity index (χ1v) is 12.2. The van der Waals surface area contributed by atoms with Crippen LogP contribution >= 0.6 is 27.7 Å². The molecule has 2 aromatic carbocycles. The Hall–Kier alpha value is -2.51. The Labute approximate surface area is 194 Å². The highest BCUT2D eigenvalue weighted by molar-refractivity contribution is 9.10. The standard InChI is InChI=1S/C24H23BrN4OS/c25-21-16-26-29-22(15-23(28-24(21)29)30-18-7-3-1-4-8-18)27-17-11-13-20(14-12-17)31-19-9-5-2-6-10-19/h2,5-6,9-16,18,27H,1,3-4,7-8H2. The summed E-state index contributed by atoms with van der Waals surface area (Å²) in [7, 11) is 0. The van der Waals surface area contributed by atoms with Crippen molar-refractivity contribution in [1.82, 2.24) is 14.6 Å². The van der Waals surface area contributed by atoms with Gasteiger partial charge in [0.1, 0.15) is 11.9 Å². The summed E-state index contributed by atoms with van der Waals surface area (Å²) in [4.78, 5) is 7.10. The smallest absolute Gasteiger partial charge is 0.219 e. The molecule has 0 saturated heterocycles. The van der Waals surface area contributed by atoms with Crippen LogP contribution in [0, 0.1) is 0 Å². The van der Waals surface area contributed by atoms with Crippen molar-refractivity contribution in [2.24, 2.45) is 0 Å². The molecule has 1 saturated carbocycles. The van der Waals surface area contributed by atoms with E-state index in [1.807, 2.05) is 12.1 Å². The minimum atomic E-state index is 0.243. The number of aromatic nitrogens is 3. The molecule has 0 spiro atoms. The monoisotopic (exact) mass is 494 g/mol. The molecule has 5 rings (SSSR count). The van der Waals surface area contributed by atoms with E-state index in [9.17, 15) is 0 Å². The summed E-state index contributed by atoms with van der Waals surface area (Å²) in [6.07, 6.45) is 7.94. The maximum Gasteiger partial charge on any atom is 0.219 e. The molecule has 1 fully saturated rings. The number of nitrogens with zero attached hydrogens (tertiary/aromatic N) is 3. The Kier molecular flexibility index (Phi) is 6.13. The average Bonchev–Trinajstić information content (AvgIpc) is 3.17. The first-order valence-electron chi connectivity index (χ1n) is 10.6. The van der Waals surface area contributed by atoms with Gasteiger partial charge in [-0.3, -0.25) is 0 Å². The van der Waals surface area contributed by atoms with Crippen molar-refractivity contribution >= 4 is 44.8 Å². The van der Waals surface area contributed by atoms with Crippen molar-refractivity contribution < 1.29 is 4.74 Å². The number of nitrogens with one attached hydrogen (secondary N) is 1. The number of halogens is 1. The van der Waals surface area contributed by atoms with Gasteiger partial charge in [-0.05, 0) is 78.0 Å². The lowest BCUT2D eigenvalue weighted by Crippen LogP contribution is -2.20. The lowest BCUT2D eigenvalue weighted by atomic mass is 9.98. The summed E-state index contributed by atoms with van der Waals surface area (Å²) in [6.45, 7) is 0. The first kappa shape index (κ1) is 20.4. The summed E-state index contributed by atoms with van der Waals surface area (Å²) in [5.41, 5.74) is 1.73. The van der Waals surface area contributed by atoms with Crippen molar-refractivity contribution in [3.63, 3.8) is 0 Å². The van der Waals surface area contributed by atoms with E-state index in [1.54, 1.807) is 22.5 Å². The van der Waals surface area contributed by atoms with Crippen LogP contribution in [-0.4, -0.2) is 20.7 Å². The van der Waals surface area contributed by atoms with Crippen LogP contribution in [-0.2, 0) is 0 Å². The molecule has 0 radical (unpaired) electrons. The fourth-order valence-electron chi connectivity index (χ4n) is 3.80. The quantitative estimate of drug-likeness (QED) is 0.309. The Morgan fingerprint density at radius 1 is 0.968 bits per heavy atom. The van der Waals surface area contributed by atoms with Crippen molar-refractivity contribution in [3.8, 4) is 5.88 Å². The van der Waals surface area contributed by atoms with Crippen molar-refractivity contribution in [3.05, 3.63) is 71.3 Å². The minimum Gasteiger partial charge on any atom is -0.474 e. The molecule has 0 amide bonds. The number of benzene rings is 2. The third kappa shape index (κ3) is 4.88. The summed E-state index contributed by atoms with van der Waals surface area (Å²) in [5.74, 6) is 1.46. The highest BCUT2D eigenvalue weighted by atomic mass is 79.9. The van der Waals surface area contributed by atoms with E-state index in [0.29, 0.717) is 5.88 Å². The largest absolute Gasteiger partial charge is 0.474 e. The molecular formula is C24H23BrN4OS. The number of fused-ring (bicyclic) bond motifs is 1. The Bertz CT molecular complexity index is 1160. The molecule has 1 aliphatic rings. The van der Waals surface area contributed by atoms with Crippen LogP contribution in [0.15, 0.2) is 81.1 Å². The zero-order chi connectivity index (χ0) is 21.0. The molecule has 1 N–H and O–H groups in total. The second-order valence-corrected chi connectivity index (χ2v) is 9.65. The van der Waals surface area contributed by atoms with Gasteiger partial charge >= 0.3 is 0 Å². The average molecular weight is 495 g/mol. The molecule has 0 atom stereocenters. The molecule has 7 heteroatoms. The Morgan fingerprint density at radius 2 is 1.71 bits per heavy atom. The summed E-state index contributed by atoms with van der Waals surface area (Å²) in [6, 6.07) is 20.7. The molecular weight excluding hydrogens is 472 g/mol. The predicted molar refractivity (Wildman–Crippen MR) is 128 cm³/mol. The van der Waals surface area contributed by atoms with E-state index < -0.39 is 0 Å². The third-order valence-corrected chi connectivity index (χ3v) is 6.93. The van der Waals surface area contributed by atoms with Gasteiger partial charge in [0.2, 0.25) is 5.88 Å². The zero-order valence-electron chi connectivity index (χ0n) is 17.0. The van der Waals surface area contributed by atoms with Gasteiger partial charge < -0.3 is 10.1 Å². The van der Waals surface area contributed by atoms with Gasteiger partial charge in [0.15, 0.2) is 5.65 Å². The maximum atomic E-state index is 6.24. The topological polar surface area (TPSA) is 51.5 Å². The fourth-order valence-corrected chi connectivity index (χ4v) is 4.98. The number of ether oxygens (including phenoxy) is 1. The molecule has 5 nitrogen and oxygen atoms in total. The fraction of sp³-hybridized carbons (Fsp3) is 0.250. The minimum absolute atomic E-state index is 0.243. The second kappa shape index (κ2) is 9.32. The van der Waals surface area contributed by atoms with Gasteiger partial charge in [0.25, 0.3) is 0 Å². The maximum absolute atomic E-state index is 6.24. The van der Waals surface area contributed by atoms with Gasteiger partial charge in [-0.2, -0.15) is 14.6 Å². The van der Waals surface area contributed by atoms with E-state index in [2.05, 4.69) is 79.9 Å². The van der Waals surface area contributed by atoms with Crippen LogP contribution in [0.25, 0.3) is 5.65 Å². The van der Waals surface area contributed by atoms with E-state index >= 15 is 0 Å². The SMILES string of the molecule is Brc1cnn2c(Nc3ccc(Sc4ccccc4)cc3)cc(OC3CCCCC3)nc12. The van der Waals surface area contributed by atoms with Crippen LogP contribution in [0.5, 0.6) is 5.88 Å². The van der Waals surface area contributed by atoms with E-state index in [0.717, 1.165) is 34.5 Å². The summed E-state index contributed by atoms with van der Waals surface area (Å²) < 4.78 is 8.88. The Balaban J connectivity index is 1.37. The molecule has 0 bridgehead atoms. The van der Waals surface area contributed by atoms with Gasteiger partial charge in [0, 0.05) is 21.5 Å². The van der Waals surface area contributed by atoms with Gasteiger partial charge in [-0.25, -0.2) is 0 Å². The highest BCUT2D eigenvalue weighted by Crippen LogP contribution is 2.31. The number of rotatable bonds is 6. The molecule has 2 heterocycles. The molecule has 2 aromatic heterocycles. The van der Waals surface area contributed by atoms with Crippen molar-refractivity contribution in [2.45, 2.75) is 48.0 Å². The normalized spacial score (nSPS) is 14.6. The molecule has 0 unspecified atom stereocenters. The molecule has 1 aliphatic carbocycles. The van der Waals surface area contributed by atoms with Crippen molar-refractivity contribution in [2.75, 3.05) is 5.32 Å². The van der Waals surface area contributed by atoms with E-state index in [1.165, 1.54) is 29.1 Å². The van der Waals surface area contributed by atoms with Gasteiger partial charge in [-0.1, -0.05) is 36.4 Å². The lowest BCUT2D eigenvalue weighted by Gasteiger charge is -2.22. The van der Waals surface area contributed by atoms with Crippen LogP contribution in [0.3, 0.4) is 0 Å². The second-order valence-electron chi connectivity index (χ2n) is 7.65. The van der Waals surface area contributed by atoms with Crippen LogP contribution in [0.1, 0.15) is 32.1 Å². The summed E-state index contributed by atoms with van der Waals surface area (Å²) >= 11 is 5.30. The summed E-state index contributed by atoms with van der Waals surface area (Å²) in [5, 5.41) is 7.94. The highest BCUT2D eigenvalue weighted by Gasteiger charge is 2.18. The third-order valence-electron chi connectivity index (χ3n) is 5.35. The first-order chi connectivity index (χ1) is 15.2. The Morgan fingerprint density at radius 3 is 2.48 bits per heavy atom. The van der Waals surface area contributed by atoms with Crippen LogP contribution in [0.4, 0.5) is 11.5 Å². The number of hydrogen-bond acceptors (Lipinski definition) is 5. The zero-order valence-corrected chi connectivity index (χ0v) is 19.4. The molecule has 4 aromatic rings.